The van der Waals surface area contributed by atoms with Crippen LogP contribution in [0.5, 0.6) is 5.75 Å². The SMILES string of the molecule is Cc1cc(C(C)(C)C)ccc1OCC(O)CN1CCCN(CC(=O)N2CCCC2)CC1. The molecular weight excluding hydrogens is 390 g/mol. The van der Waals surface area contributed by atoms with Gasteiger partial charge in [0.15, 0.2) is 0 Å². The molecule has 0 aromatic heterocycles. The number of β-amino-alcohol motifs (C(OH)–C–C–N with tert-alkyl or cyclic N) is 1. The van der Waals surface area contributed by atoms with Crippen LogP contribution < -0.4 is 4.74 Å². The third kappa shape index (κ3) is 7.19. The summed E-state index contributed by atoms with van der Waals surface area (Å²) in [5.41, 5.74) is 2.51. The maximum absolute atomic E-state index is 12.4. The van der Waals surface area contributed by atoms with Crippen LogP contribution in [0.25, 0.3) is 0 Å². The van der Waals surface area contributed by atoms with Crippen molar-refractivity contribution in [1.29, 1.82) is 0 Å². The molecule has 1 N–H and O–H groups in total. The van der Waals surface area contributed by atoms with Crippen LogP contribution in [0.15, 0.2) is 18.2 Å². The van der Waals surface area contributed by atoms with E-state index in [1.165, 1.54) is 5.56 Å². The molecule has 6 nitrogen and oxygen atoms in total. The van der Waals surface area contributed by atoms with Crippen LogP contribution in [0.2, 0.25) is 0 Å². The number of nitrogens with zero attached hydrogens (tertiary/aromatic N) is 3. The largest absolute Gasteiger partial charge is 0.491 e. The lowest BCUT2D eigenvalue weighted by atomic mass is 9.86. The molecule has 0 radical (unpaired) electrons. The molecule has 6 heteroatoms. The van der Waals surface area contributed by atoms with Crippen molar-refractivity contribution in [1.82, 2.24) is 14.7 Å². The first-order chi connectivity index (χ1) is 14.7. The third-order valence-electron chi connectivity index (χ3n) is 6.44. The Labute approximate surface area is 188 Å². The van der Waals surface area contributed by atoms with E-state index in [-0.39, 0.29) is 11.3 Å². The van der Waals surface area contributed by atoms with Crippen LogP contribution in [0.3, 0.4) is 0 Å². The van der Waals surface area contributed by atoms with Crippen LogP contribution in [0.1, 0.15) is 51.2 Å². The molecule has 0 aliphatic carbocycles. The summed E-state index contributed by atoms with van der Waals surface area (Å²) in [6.45, 7) is 15.6. The van der Waals surface area contributed by atoms with Crippen molar-refractivity contribution in [3.63, 3.8) is 0 Å². The minimum atomic E-state index is -0.528. The van der Waals surface area contributed by atoms with E-state index in [0.717, 1.165) is 69.8 Å². The summed E-state index contributed by atoms with van der Waals surface area (Å²) < 4.78 is 5.93. The number of aliphatic hydroxyl groups excluding tert-OH is 1. The monoisotopic (exact) mass is 431 g/mol. The van der Waals surface area contributed by atoms with E-state index in [1.807, 2.05) is 11.0 Å². The Morgan fingerprint density at radius 3 is 2.39 bits per heavy atom. The molecule has 2 aliphatic rings. The molecule has 1 aromatic rings. The average molecular weight is 432 g/mol. The first kappa shape index (κ1) is 24.0. The molecule has 31 heavy (non-hydrogen) atoms. The molecule has 2 aliphatic heterocycles. The predicted molar refractivity (Wildman–Crippen MR) is 125 cm³/mol. The van der Waals surface area contributed by atoms with Crippen LogP contribution >= 0.6 is 0 Å². The smallest absolute Gasteiger partial charge is 0.236 e. The topological polar surface area (TPSA) is 56.3 Å². The van der Waals surface area contributed by atoms with Gasteiger partial charge in [-0.25, -0.2) is 0 Å². The van der Waals surface area contributed by atoms with E-state index >= 15 is 0 Å². The number of likely N-dealkylation sites (tertiary alicyclic amines) is 1. The van der Waals surface area contributed by atoms with E-state index < -0.39 is 6.10 Å². The van der Waals surface area contributed by atoms with Gasteiger partial charge in [-0.05, 0) is 61.9 Å². The Morgan fingerprint density at radius 2 is 1.71 bits per heavy atom. The first-order valence-corrected chi connectivity index (χ1v) is 11.9. The first-order valence-electron chi connectivity index (χ1n) is 11.9. The number of aliphatic hydroxyl groups is 1. The average Bonchev–Trinajstić information content (AvgIpc) is 3.16. The Kier molecular flexibility index (Phi) is 8.36. The zero-order valence-electron chi connectivity index (χ0n) is 19.9. The van der Waals surface area contributed by atoms with Crippen LogP contribution in [0, 0.1) is 6.92 Å². The molecule has 3 rings (SSSR count). The number of rotatable bonds is 7. The molecule has 2 heterocycles. The molecule has 174 valence electrons. The van der Waals surface area contributed by atoms with Gasteiger partial charge in [0.25, 0.3) is 0 Å². The zero-order valence-corrected chi connectivity index (χ0v) is 19.9. The molecule has 1 unspecified atom stereocenters. The van der Waals surface area contributed by atoms with Crippen molar-refractivity contribution in [2.75, 3.05) is 59.0 Å². The summed E-state index contributed by atoms with van der Waals surface area (Å²) in [7, 11) is 0. The van der Waals surface area contributed by atoms with Gasteiger partial charge >= 0.3 is 0 Å². The number of hydrogen-bond donors (Lipinski definition) is 1. The van der Waals surface area contributed by atoms with Crippen molar-refractivity contribution in [2.24, 2.45) is 0 Å². The summed E-state index contributed by atoms with van der Waals surface area (Å²) >= 11 is 0. The summed E-state index contributed by atoms with van der Waals surface area (Å²) in [5.74, 6) is 1.11. The van der Waals surface area contributed by atoms with Crippen molar-refractivity contribution in [3.8, 4) is 5.75 Å². The predicted octanol–water partition coefficient (Wildman–Crippen LogP) is 2.66. The van der Waals surface area contributed by atoms with E-state index in [0.29, 0.717) is 19.7 Å². The standard InChI is InChI=1S/C25H41N3O3/c1-20-16-21(25(2,3)4)8-9-23(20)31-19-22(29)17-26-10-7-11-27(15-14-26)18-24(30)28-12-5-6-13-28/h8-9,16,22,29H,5-7,10-15,17-19H2,1-4H3. The highest BCUT2D eigenvalue weighted by atomic mass is 16.5. The van der Waals surface area contributed by atoms with Crippen molar-refractivity contribution >= 4 is 5.91 Å². The lowest BCUT2D eigenvalue weighted by Crippen LogP contribution is -2.41. The summed E-state index contributed by atoms with van der Waals surface area (Å²) in [6.07, 6.45) is 2.77. The highest BCUT2D eigenvalue weighted by Gasteiger charge is 2.23. The second kappa shape index (κ2) is 10.8. The Hall–Kier alpha value is -1.63. The molecule has 1 aromatic carbocycles. The minimum absolute atomic E-state index is 0.114. The summed E-state index contributed by atoms with van der Waals surface area (Å²) in [6, 6.07) is 6.31. The second-order valence-electron chi connectivity index (χ2n) is 10.2. The van der Waals surface area contributed by atoms with Crippen LogP contribution in [-0.2, 0) is 10.2 Å². The molecule has 2 fully saturated rings. The van der Waals surface area contributed by atoms with Gasteiger partial charge in [0, 0.05) is 32.7 Å². The normalized spacial score (nSPS) is 20.0. The molecule has 2 saturated heterocycles. The number of amides is 1. The van der Waals surface area contributed by atoms with Gasteiger partial charge in [-0.3, -0.25) is 14.6 Å². The van der Waals surface area contributed by atoms with Gasteiger partial charge in [-0.15, -0.1) is 0 Å². The van der Waals surface area contributed by atoms with E-state index in [4.69, 9.17) is 4.74 Å². The maximum Gasteiger partial charge on any atom is 0.236 e. The molecule has 0 spiro atoms. The van der Waals surface area contributed by atoms with Gasteiger partial charge in [-0.1, -0.05) is 32.9 Å². The van der Waals surface area contributed by atoms with Crippen molar-refractivity contribution < 1.29 is 14.6 Å². The van der Waals surface area contributed by atoms with E-state index in [1.54, 1.807) is 0 Å². The van der Waals surface area contributed by atoms with Crippen molar-refractivity contribution in [3.05, 3.63) is 29.3 Å². The van der Waals surface area contributed by atoms with Gasteiger partial charge in [0.2, 0.25) is 5.91 Å². The number of carbonyl (C=O) groups is 1. The third-order valence-corrected chi connectivity index (χ3v) is 6.44. The fourth-order valence-electron chi connectivity index (χ4n) is 4.44. The van der Waals surface area contributed by atoms with Gasteiger partial charge in [0.05, 0.1) is 6.54 Å². The highest BCUT2D eigenvalue weighted by molar-refractivity contribution is 5.78. The molecule has 0 bridgehead atoms. The number of aryl methyl sites for hydroxylation is 1. The number of carbonyl (C=O) groups excluding carboxylic acids is 1. The maximum atomic E-state index is 12.4. The Bertz CT molecular complexity index is 725. The molecular formula is C25H41N3O3. The molecule has 1 atom stereocenters. The van der Waals surface area contributed by atoms with E-state index in [9.17, 15) is 9.90 Å². The lowest BCUT2D eigenvalue weighted by molar-refractivity contribution is -0.131. The van der Waals surface area contributed by atoms with Gasteiger partial charge in [-0.2, -0.15) is 0 Å². The Morgan fingerprint density at radius 1 is 1.03 bits per heavy atom. The number of benzene rings is 1. The summed E-state index contributed by atoms with van der Waals surface area (Å²) in [5, 5.41) is 10.5. The van der Waals surface area contributed by atoms with Gasteiger partial charge < -0.3 is 14.7 Å². The fraction of sp³-hybridized carbons (Fsp3) is 0.720. The second-order valence-corrected chi connectivity index (χ2v) is 10.2. The quantitative estimate of drug-likeness (QED) is 0.719. The highest BCUT2D eigenvalue weighted by Crippen LogP contribution is 2.27. The van der Waals surface area contributed by atoms with Crippen LogP contribution in [-0.4, -0.2) is 90.8 Å². The van der Waals surface area contributed by atoms with Gasteiger partial charge in [0.1, 0.15) is 18.5 Å². The van der Waals surface area contributed by atoms with Crippen LogP contribution in [0.4, 0.5) is 0 Å². The Balaban J connectivity index is 1.41. The minimum Gasteiger partial charge on any atom is -0.491 e. The summed E-state index contributed by atoms with van der Waals surface area (Å²) in [4.78, 5) is 19.0. The zero-order chi connectivity index (χ0) is 22.4. The van der Waals surface area contributed by atoms with E-state index in [2.05, 4.69) is 49.6 Å². The fourth-order valence-corrected chi connectivity index (χ4v) is 4.44. The molecule has 0 saturated carbocycles. The molecule has 1 amide bonds. The number of ether oxygens (including phenoxy) is 1. The van der Waals surface area contributed by atoms with Crippen molar-refractivity contribution in [2.45, 2.75) is 58.5 Å². The number of hydrogen-bond acceptors (Lipinski definition) is 5. The lowest BCUT2D eigenvalue weighted by Gasteiger charge is -2.25.